The molecule has 1 amide bonds. The number of hydrogen-bond acceptors (Lipinski definition) is 5. The first-order valence-electron chi connectivity index (χ1n) is 10.8. The molecular weight excluding hydrogens is 524 g/mol. The topological polar surface area (TPSA) is 74.8 Å². The molecule has 0 unspecified atom stereocenters. The van der Waals surface area contributed by atoms with E-state index in [0.29, 0.717) is 43.8 Å². The fourth-order valence-corrected chi connectivity index (χ4v) is 6.22. The van der Waals surface area contributed by atoms with Gasteiger partial charge in [0.25, 0.3) is 5.91 Å². The van der Waals surface area contributed by atoms with Gasteiger partial charge in [0.05, 0.1) is 22.8 Å². The number of aliphatic imine (C=N–C) groups is 1. The summed E-state index contributed by atoms with van der Waals surface area (Å²) in [5, 5.41) is 14.5. The number of rotatable bonds is 5. The van der Waals surface area contributed by atoms with Gasteiger partial charge in [0.2, 0.25) is 0 Å². The van der Waals surface area contributed by atoms with Gasteiger partial charge in [-0.15, -0.1) is 11.3 Å². The molecule has 2 N–H and O–H groups in total. The van der Waals surface area contributed by atoms with E-state index in [1.54, 1.807) is 42.0 Å². The first kappa shape index (κ1) is 24.0. The Morgan fingerprint density at radius 3 is 2.91 bits per heavy atom. The predicted molar refractivity (Wildman–Crippen MR) is 137 cm³/mol. The van der Waals surface area contributed by atoms with Crippen LogP contribution in [0, 0.1) is 11.3 Å². The number of thiophene rings is 1. The first-order chi connectivity index (χ1) is 15.6. The zero-order valence-corrected chi connectivity index (χ0v) is 21.9. The standard InChI is InChI=1S/C25H26BrClN2O3S/c1-25(2,3)15-6-7-18-20(10-15)33-24(21(18)23(31)28-13-17-5-4-8-32-17)29-12-14-9-16(27)11-19(26)22(14)30/h4-5,8-9,11-12,15,30H,6-7,10,13H2,1-3H3,(H,28,31)/t15-/m0/s1. The van der Waals surface area contributed by atoms with E-state index in [9.17, 15) is 9.90 Å². The lowest BCUT2D eigenvalue weighted by molar-refractivity contribution is 0.0947. The molecular formula is C25H26BrClN2O3S. The molecule has 1 aliphatic carbocycles. The molecule has 4 rings (SSSR count). The molecule has 33 heavy (non-hydrogen) atoms. The fourth-order valence-electron chi connectivity index (χ4n) is 4.12. The van der Waals surface area contributed by atoms with Gasteiger partial charge in [0.15, 0.2) is 0 Å². The summed E-state index contributed by atoms with van der Waals surface area (Å²) in [4.78, 5) is 19.1. The number of nitrogens with zero attached hydrogens (tertiary/aromatic N) is 1. The van der Waals surface area contributed by atoms with Crippen molar-refractivity contribution >= 4 is 56.0 Å². The SMILES string of the molecule is CC(C)(C)[C@H]1CCc2c(sc(N=Cc3cc(Cl)cc(Br)c3O)c2C(=O)NCc2ccco2)C1. The average Bonchev–Trinajstić information content (AvgIpc) is 3.39. The minimum Gasteiger partial charge on any atom is -0.506 e. The summed E-state index contributed by atoms with van der Waals surface area (Å²) < 4.78 is 5.84. The number of aromatic hydroxyl groups is 1. The number of furan rings is 1. The molecule has 0 aliphatic heterocycles. The van der Waals surface area contributed by atoms with E-state index in [-0.39, 0.29) is 17.1 Å². The predicted octanol–water partition coefficient (Wildman–Crippen LogP) is 7.29. The van der Waals surface area contributed by atoms with Gasteiger partial charge in [-0.05, 0) is 76.4 Å². The van der Waals surface area contributed by atoms with Gasteiger partial charge in [0.1, 0.15) is 16.5 Å². The van der Waals surface area contributed by atoms with Crippen LogP contribution in [0.25, 0.3) is 0 Å². The first-order valence-corrected chi connectivity index (χ1v) is 12.8. The average molecular weight is 550 g/mol. The number of hydrogen-bond donors (Lipinski definition) is 2. The second-order valence-corrected chi connectivity index (χ2v) is 11.7. The Morgan fingerprint density at radius 1 is 1.42 bits per heavy atom. The van der Waals surface area contributed by atoms with Crippen LogP contribution in [0.5, 0.6) is 5.75 Å². The number of nitrogens with one attached hydrogen (secondary N) is 1. The number of carbonyl (C=O) groups excluding carboxylic acids is 1. The molecule has 174 valence electrons. The van der Waals surface area contributed by atoms with Gasteiger partial charge in [-0.1, -0.05) is 32.4 Å². The molecule has 0 saturated carbocycles. The van der Waals surface area contributed by atoms with Gasteiger partial charge in [0, 0.05) is 21.7 Å². The van der Waals surface area contributed by atoms with Crippen molar-refractivity contribution in [2.45, 2.75) is 46.6 Å². The molecule has 0 bridgehead atoms. The summed E-state index contributed by atoms with van der Waals surface area (Å²) in [5.74, 6) is 1.13. The molecule has 1 aromatic carbocycles. The second-order valence-electron chi connectivity index (χ2n) is 9.34. The van der Waals surface area contributed by atoms with Crippen LogP contribution in [-0.4, -0.2) is 17.2 Å². The molecule has 3 aromatic rings. The summed E-state index contributed by atoms with van der Waals surface area (Å²) >= 11 is 11.0. The Labute approximate surface area is 211 Å². The zero-order valence-electron chi connectivity index (χ0n) is 18.7. The van der Waals surface area contributed by atoms with Crippen molar-refractivity contribution < 1.29 is 14.3 Å². The number of amides is 1. The maximum absolute atomic E-state index is 13.3. The van der Waals surface area contributed by atoms with Crippen molar-refractivity contribution in [3.8, 4) is 5.75 Å². The van der Waals surface area contributed by atoms with Crippen molar-refractivity contribution in [3.63, 3.8) is 0 Å². The van der Waals surface area contributed by atoms with Gasteiger partial charge < -0.3 is 14.8 Å². The largest absolute Gasteiger partial charge is 0.506 e. The van der Waals surface area contributed by atoms with Crippen LogP contribution in [-0.2, 0) is 19.4 Å². The third-order valence-corrected chi connectivity index (χ3v) is 8.07. The lowest BCUT2D eigenvalue weighted by Gasteiger charge is -2.33. The molecule has 5 nitrogen and oxygen atoms in total. The van der Waals surface area contributed by atoms with Crippen LogP contribution in [0.4, 0.5) is 5.00 Å². The highest BCUT2D eigenvalue weighted by molar-refractivity contribution is 9.10. The Bertz CT molecular complexity index is 1200. The number of phenols is 1. The third-order valence-electron chi connectivity index (χ3n) is 6.08. The fraction of sp³-hybridized carbons (Fsp3) is 0.360. The molecule has 0 radical (unpaired) electrons. The number of carbonyl (C=O) groups is 1. The van der Waals surface area contributed by atoms with Crippen molar-refractivity contribution in [1.29, 1.82) is 0 Å². The second kappa shape index (κ2) is 9.65. The highest BCUT2D eigenvalue weighted by atomic mass is 79.9. The normalized spacial score (nSPS) is 16.2. The zero-order chi connectivity index (χ0) is 23.8. The number of fused-ring (bicyclic) bond motifs is 1. The highest BCUT2D eigenvalue weighted by Crippen LogP contribution is 2.45. The van der Waals surface area contributed by atoms with E-state index in [1.807, 2.05) is 6.07 Å². The summed E-state index contributed by atoms with van der Waals surface area (Å²) in [6.45, 7) is 7.12. The number of phenolic OH excluding ortho intramolecular Hbond substituents is 1. The van der Waals surface area contributed by atoms with Crippen molar-refractivity contribution in [1.82, 2.24) is 5.32 Å². The molecule has 1 atom stereocenters. The summed E-state index contributed by atoms with van der Waals surface area (Å²) in [5.41, 5.74) is 2.38. The van der Waals surface area contributed by atoms with Crippen molar-refractivity contribution in [2.24, 2.45) is 16.3 Å². The summed E-state index contributed by atoms with van der Waals surface area (Å²) in [7, 11) is 0. The van der Waals surface area contributed by atoms with Crippen molar-refractivity contribution in [3.05, 3.63) is 67.4 Å². The van der Waals surface area contributed by atoms with E-state index in [4.69, 9.17) is 16.0 Å². The van der Waals surface area contributed by atoms with Gasteiger partial charge in [-0.2, -0.15) is 0 Å². The smallest absolute Gasteiger partial charge is 0.255 e. The van der Waals surface area contributed by atoms with Crippen LogP contribution in [0.15, 0.2) is 44.4 Å². The Balaban J connectivity index is 1.69. The molecule has 8 heteroatoms. The van der Waals surface area contributed by atoms with Crippen LogP contribution in [0.2, 0.25) is 5.02 Å². The Morgan fingerprint density at radius 2 is 2.21 bits per heavy atom. The maximum atomic E-state index is 13.3. The number of benzene rings is 1. The van der Waals surface area contributed by atoms with E-state index >= 15 is 0 Å². The minimum absolute atomic E-state index is 0.0566. The van der Waals surface area contributed by atoms with E-state index in [1.165, 1.54) is 4.88 Å². The highest BCUT2D eigenvalue weighted by Gasteiger charge is 2.33. The monoisotopic (exact) mass is 548 g/mol. The van der Waals surface area contributed by atoms with Crippen LogP contribution < -0.4 is 5.32 Å². The number of halogens is 2. The maximum Gasteiger partial charge on any atom is 0.255 e. The summed E-state index contributed by atoms with van der Waals surface area (Å²) in [6, 6.07) is 6.89. The summed E-state index contributed by atoms with van der Waals surface area (Å²) in [6.07, 6.45) is 5.97. The molecule has 0 fully saturated rings. The molecule has 1 aliphatic rings. The van der Waals surface area contributed by atoms with Crippen LogP contribution >= 0.6 is 38.9 Å². The molecule has 0 saturated heterocycles. The lowest BCUT2D eigenvalue weighted by Crippen LogP contribution is -2.28. The molecule has 2 aromatic heterocycles. The quantitative estimate of drug-likeness (QED) is 0.328. The van der Waals surface area contributed by atoms with Gasteiger partial charge in [-0.3, -0.25) is 4.79 Å². The van der Waals surface area contributed by atoms with E-state index in [0.717, 1.165) is 24.8 Å². The lowest BCUT2D eigenvalue weighted by atomic mass is 9.72. The van der Waals surface area contributed by atoms with E-state index < -0.39 is 0 Å². The van der Waals surface area contributed by atoms with E-state index in [2.05, 4.69) is 47.0 Å². The Hall–Kier alpha value is -2.09. The Kier molecular flexibility index (Phi) is 7.03. The molecule has 2 heterocycles. The molecule has 0 spiro atoms. The van der Waals surface area contributed by atoms with Crippen LogP contribution in [0.3, 0.4) is 0 Å². The van der Waals surface area contributed by atoms with Gasteiger partial charge in [-0.25, -0.2) is 4.99 Å². The van der Waals surface area contributed by atoms with Crippen molar-refractivity contribution in [2.75, 3.05) is 0 Å². The van der Waals surface area contributed by atoms with Crippen LogP contribution in [0.1, 0.15) is 59.3 Å². The minimum atomic E-state index is -0.165. The van der Waals surface area contributed by atoms with Gasteiger partial charge >= 0.3 is 0 Å². The third kappa shape index (κ3) is 5.36.